The Labute approximate surface area is 76.3 Å². The van der Waals surface area contributed by atoms with Gasteiger partial charge in [-0.25, -0.2) is 0 Å². The Morgan fingerprint density at radius 3 is 2.55 bits per heavy atom. The molecule has 0 spiro atoms. The van der Waals surface area contributed by atoms with Crippen molar-refractivity contribution in [1.29, 1.82) is 0 Å². The molecule has 11 heavy (non-hydrogen) atoms. The molecule has 0 aliphatic heterocycles. The highest BCUT2D eigenvalue weighted by molar-refractivity contribution is 9.09. The second-order valence-electron chi connectivity index (χ2n) is 2.86. The quantitative estimate of drug-likeness (QED) is 0.702. The van der Waals surface area contributed by atoms with Gasteiger partial charge < -0.3 is 10.2 Å². The number of carbonyl (C=O) groups excluding carboxylic acids is 1. The third kappa shape index (κ3) is 6.31. The van der Waals surface area contributed by atoms with Gasteiger partial charge in [-0.3, -0.25) is 4.79 Å². The molecule has 1 atom stereocenters. The minimum atomic E-state index is 0.0411. The van der Waals surface area contributed by atoms with Crippen LogP contribution in [0.4, 0.5) is 0 Å². The summed E-state index contributed by atoms with van der Waals surface area (Å²) >= 11 is 3.08. The minimum Gasteiger partial charge on any atom is -0.352 e. The van der Waals surface area contributed by atoms with E-state index in [0.717, 1.165) is 6.54 Å². The summed E-state index contributed by atoms with van der Waals surface area (Å²) < 4.78 is 0. The van der Waals surface area contributed by atoms with Gasteiger partial charge in [0.2, 0.25) is 5.91 Å². The van der Waals surface area contributed by atoms with Crippen LogP contribution < -0.4 is 5.32 Å². The molecule has 4 heteroatoms. The van der Waals surface area contributed by atoms with E-state index in [-0.39, 0.29) is 11.9 Å². The molecular formula is C7H15BrN2O. The summed E-state index contributed by atoms with van der Waals surface area (Å²) in [4.78, 5) is 12.9. The van der Waals surface area contributed by atoms with Crippen LogP contribution in [0.1, 0.15) is 6.92 Å². The number of likely N-dealkylation sites (N-methyl/N-ethyl adjacent to an activating group) is 1. The van der Waals surface area contributed by atoms with Crippen LogP contribution in [0.5, 0.6) is 0 Å². The van der Waals surface area contributed by atoms with Crippen LogP contribution in [0.2, 0.25) is 0 Å². The van der Waals surface area contributed by atoms with E-state index in [1.54, 1.807) is 0 Å². The van der Waals surface area contributed by atoms with Gasteiger partial charge in [0.25, 0.3) is 0 Å². The van der Waals surface area contributed by atoms with E-state index in [1.807, 2.05) is 25.9 Å². The highest BCUT2D eigenvalue weighted by atomic mass is 79.9. The monoisotopic (exact) mass is 222 g/mol. The average molecular weight is 223 g/mol. The van der Waals surface area contributed by atoms with Crippen molar-refractivity contribution in [3.63, 3.8) is 0 Å². The molecule has 0 bridgehead atoms. The van der Waals surface area contributed by atoms with Crippen molar-refractivity contribution in [1.82, 2.24) is 10.2 Å². The number of rotatable bonds is 4. The van der Waals surface area contributed by atoms with Gasteiger partial charge in [0.1, 0.15) is 0 Å². The van der Waals surface area contributed by atoms with Crippen LogP contribution in [-0.2, 0) is 4.79 Å². The van der Waals surface area contributed by atoms with E-state index in [0.29, 0.717) is 5.33 Å². The zero-order chi connectivity index (χ0) is 8.85. The number of halogens is 1. The standard InChI is InChI=1S/C7H15BrN2O/c1-6(5-10(2)3)9-7(11)4-8/h6H,4-5H2,1-3H3,(H,9,11). The Kier molecular flexibility index (Phi) is 5.50. The Morgan fingerprint density at radius 2 is 2.18 bits per heavy atom. The molecule has 0 saturated heterocycles. The van der Waals surface area contributed by atoms with Crippen LogP contribution >= 0.6 is 15.9 Å². The maximum absolute atomic E-state index is 10.8. The van der Waals surface area contributed by atoms with E-state index in [9.17, 15) is 4.79 Å². The van der Waals surface area contributed by atoms with Crippen LogP contribution in [0.3, 0.4) is 0 Å². The first kappa shape index (κ1) is 10.9. The van der Waals surface area contributed by atoms with Crippen molar-refractivity contribution in [2.24, 2.45) is 0 Å². The summed E-state index contributed by atoms with van der Waals surface area (Å²) in [6.07, 6.45) is 0. The third-order valence-corrected chi connectivity index (χ3v) is 1.68. The van der Waals surface area contributed by atoms with Gasteiger partial charge in [0.15, 0.2) is 0 Å². The Balaban J connectivity index is 3.51. The molecule has 0 heterocycles. The van der Waals surface area contributed by atoms with Gasteiger partial charge >= 0.3 is 0 Å². The smallest absolute Gasteiger partial charge is 0.230 e. The summed E-state index contributed by atoms with van der Waals surface area (Å²) in [5.41, 5.74) is 0. The molecule has 0 radical (unpaired) electrons. The third-order valence-electron chi connectivity index (χ3n) is 1.17. The Bertz CT molecular complexity index is 128. The van der Waals surface area contributed by atoms with Gasteiger partial charge in [-0.15, -0.1) is 0 Å². The van der Waals surface area contributed by atoms with Crippen molar-refractivity contribution in [2.45, 2.75) is 13.0 Å². The van der Waals surface area contributed by atoms with Crippen LogP contribution in [0.15, 0.2) is 0 Å². The highest BCUT2D eigenvalue weighted by Gasteiger charge is 2.05. The van der Waals surface area contributed by atoms with E-state index in [4.69, 9.17) is 0 Å². The van der Waals surface area contributed by atoms with Crippen molar-refractivity contribution in [2.75, 3.05) is 26.0 Å². The lowest BCUT2D eigenvalue weighted by atomic mass is 10.3. The van der Waals surface area contributed by atoms with E-state index < -0.39 is 0 Å². The molecule has 0 aromatic carbocycles. The molecule has 0 aromatic heterocycles. The fraction of sp³-hybridized carbons (Fsp3) is 0.857. The molecule has 0 fully saturated rings. The number of hydrogen-bond acceptors (Lipinski definition) is 2. The molecule has 0 rings (SSSR count). The maximum atomic E-state index is 10.8. The van der Waals surface area contributed by atoms with E-state index >= 15 is 0 Å². The summed E-state index contributed by atoms with van der Waals surface area (Å²) in [6.45, 7) is 2.86. The predicted octanol–water partition coefficient (Wildman–Crippen LogP) is 0.448. The lowest BCUT2D eigenvalue weighted by molar-refractivity contribution is -0.119. The first-order valence-electron chi connectivity index (χ1n) is 3.56. The largest absolute Gasteiger partial charge is 0.352 e. The van der Waals surface area contributed by atoms with E-state index in [1.165, 1.54) is 0 Å². The molecule has 66 valence electrons. The number of nitrogens with one attached hydrogen (secondary N) is 1. The van der Waals surface area contributed by atoms with Gasteiger partial charge in [-0.1, -0.05) is 15.9 Å². The second-order valence-corrected chi connectivity index (χ2v) is 3.43. The van der Waals surface area contributed by atoms with Crippen molar-refractivity contribution < 1.29 is 4.79 Å². The summed E-state index contributed by atoms with van der Waals surface area (Å²) in [5.74, 6) is 0.0411. The average Bonchev–Trinajstić information content (AvgIpc) is 1.85. The molecule has 0 aromatic rings. The molecule has 0 saturated carbocycles. The normalized spacial score (nSPS) is 13.2. The van der Waals surface area contributed by atoms with Crippen LogP contribution in [0.25, 0.3) is 0 Å². The van der Waals surface area contributed by atoms with Gasteiger partial charge in [0, 0.05) is 12.6 Å². The number of amides is 1. The first-order chi connectivity index (χ1) is 5.06. The Morgan fingerprint density at radius 1 is 1.64 bits per heavy atom. The summed E-state index contributed by atoms with van der Waals surface area (Å²) in [7, 11) is 3.97. The van der Waals surface area contributed by atoms with Gasteiger partial charge in [0.05, 0.1) is 5.33 Å². The topological polar surface area (TPSA) is 32.3 Å². The van der Waals surface area contributed by atoms with Gasteiger partial charge in [-0.05, 0) is 21.0 Å². The lowest BCUT2D eigenvalue weighted by Gasteiger charge is -2.17. The minimum absolute atomic E-state index is 0.0411. The number of nitrogens with zero attached hydrogens (tertiary/aromatic N) is 1. The van der Waals surface area contributed by atoms with Gasteiger partial charge in [-0.2, -0.15) is 0 Å². The molecule has 0 aliphatic carbocycles. The zero-order valence-electron chi connectivity index (χ0n) is 7.22. The fourth-order valence-electron chi connectivity index (χ4n) is 0.907. The van der Waals surface area contributed by atoms with Crippen LogP contribution in [0, 0.1) is 0 Å². The zero-order valence-corrected chi connectivity index (χ0v) is 8.81. The molecule has 1 unspecified atom stereocenters. The maximum Gasteiger partial charge on any atom is 0.230 e. The second kappa shape index (κ2) is 5.55. The van der Waals surface area contributed by atoms with Crippen LogP contribution in [-0.4, -0.2) is 42.8 Å². The molecule has 1 amide bonds. The fourth-order valence-corrected chi connectivity index (χ4v) is 1.07. The SMILES string of the molecule is CC(CN(C)C)NC(=O)CBr. The first-order valence-corrected chi connectivity index (χ1v) is 4.68. The molecule has 3 nitrogen and oxygen atoms in total. The molecule has 0 aliphatic rings. The molecule has 1 N–H and O–H groups in total. The van der Waals surface area contributed by atoms with E-state index in [2.05, 4.69) is 21.2 Å². The van der Waals surface area contributed by atoms with Crippen molar-refractivity contribution in [3.05, 3.63) is 0 Å². The Hall–Kier alpha value is -0.0900. The number of alkyl halides is 1. The predicted molar refractivity (Wildman–Crippen MR) is 50.0 cm³/mol. The highest BCUT2D eigenvalue weighted by Crippen LogP contribution is 1.86. The van der Waals surface area contributed by atoms with Crippen molar-refractivity contribution in [3.8, 4) is 0 Å². The lowest BCUT2D eigenvalue weighted by Crippen LogP contribution is -2.40. The van der Waals surface area contributed by atoms with Crippen molar-refractivity contribution >= 4 is 21.8 Å². The summed E-state index contributed by atoms with van der Waals surface area (Å²) in [6, 6.07) is 0.218. The number of carbonyl (C=O) groups is 1. The number of hydrogen-bond donors (Lipinski definition) is 1. The molecular weight excluding hydrogens is 208 g/mol. The summed E-state index contributed by atoms with van der Waals surface area (Å²) in [5, 5.41) is 3.21.